The van der Waals surface area contributed by atoms with Gasteiger partial charge >= 0.3 is 0 Å². The molecular formula is C95H72. The van der Waals surface area contributed by atoms with Crippen molar-refractivity contribution < 1.29 is 0 Å². The van der Waals surface area contributed by atoms with Gasteiger partial charge in [0.05, 0.1) is 22.3 Å². The molecule has 9 rings (SSSR count). The highest BCUT2D eigenvalue weighted by atomic mass is 14.4. The summed E-state index contributed by atoms with van der Waals surface area (Å²) >= 11 is 0. The van der Waals surface area contributed by atoms with Gasteiger partial charge in [-0.05, 0) is 448 Å². The fourth-order valence-electron chi connectivity index (χ4n) is 14.8. The molecule has 0 amide bonds. The van der Waals surface area contributed by atoms with E-state index < -0.39 is 0 Å². The summed E-state index contributed by atoms with van der Waals surface area (Å²) in [6, 6.07) is 0. The Hall–Kier alpha value is -12.1. The number of terminal acetylenes is 3. The number of benzene rings is 9. The summed E-state index contributed by atoms with van der Waals surface area (Å²) in [5.74, 6) is 82.1. The van der Waals surface area contributed by atoms with Crippen molar-refractivity contribution in [2.45, 2.75) is 159 Å². The molecule has 0 aliphatic heterocycles. The molecule has 0 aliphatic carbocycles. The fourth-order valence-corrected chi connectivity index (χ4v) is 14.8. The van der Waals surface area contributed by atoms with Crippen molar-refractivity contribution in [3.8, 4) is 201 Å². The van der Waals surface area contributed by atoms with Crippen molar-refractivity contribution in [3.05, 3.63) is 145 Å². The van der Waals surface area contributed by atoms with Crippen LogP contribution in [0.2, 0.25) is 0 Å². The fraction of sp³-hybridized carbons (Fsp3) is 0.242. The van der Waals surface area contributed by atoms with Gasteiger partial charge in [0, 0.05) is 27.3 Å². The van der Waals surface area contributed by atoms with Gasteiger partial charge in [-0.15, -0.1) is 25.2 Å². The Labute approximate surface area is 566 Å². The molecule has 9 aromatic carbocycles. The molecule has 0 bridgehead atoms. The first-order chi connectivity index (χ1) is 45.4. The second-order valence-electron chi connectivity index (χ2n) is 24.6. The highest BCUT2D eigenvalue weighted by Gasteiger charge is 2.34. The largest absolute Gasteiger partial charge is 0.106 e. The second-order valence-corrected chi connectivity index (χ2v) is 24.6. The van der Waals surface area contributed by atoms with Gasteiger partial charge in [-0.1, -0.05) is 47.4 Å². The number of fused-ring (bicyclic) bond motifs is 8. The maximum atomic E-state index is 6.14. The van der Waals surface area contributed by atoms with Crippen LogP contribution < -0.4 is 0 Å². The summed E-state index contributed by atoms with van der Waals surface area (Å²) in [4.78, 5) is 0. The van der Waals surface area contributed by atoms with Gasteiger partial charge in [-0.2, -0.15) is 0 Å². The van der Waals surface area contributed by atoms with Crippen molar-refractivity contribution in [1.29, 1.82) is 0 Å². The topological polar surface area (TPSA) is 0 Å². The molecule has 0 spiro atoms. The Morgan fingerprint density at radius 3 is 0.916 bits per heavy atom. The van der Waals surface area contributed by atoms with E-state index in [-0.39, 0.29) is 0 Å². The van der Waals surface area contributed by atoms with Crippen LogP contribution in [0.3, 0.4) is 0 Å². The van der Waals surface area contributed by atoms with E-state index in [4.69, 9.17) is 19.3 Å². The van der Waals surface area contributed by atoms with E-state index in [9.17, 15) is 0 Å². The van der Waals surface area contributed by atoms with Crippen molar-refractivity contribution in [1.82, 2.24) is 0 Å². The molecular weight excluding hydrogens is 1140 g/mol. The monoisotopic (exact) mass is 1210 g/mol. The van der Waals surface area contributed by atoms with Crippen LogP contribution >= 0.6 is 0 Å². The molecule has 0 saturated carbocycles. The highest BCUT2D eigenvalue weighted by Crippen LogP contribution is 2.57. The molecule has 0 heterocycles. The van der Waals surface area contributed by atoms with E-state index in [1.54, 1.807) is 13.8 Å². The van der Waals surface area contributed by atoms with Crippen LogP contribution in [-0.2, 0) is 0 Å². The number of aryl methyl sites for hydroxylation is 11. The first kappa shape index (κ1) is 67.3. The molecule has 0 aliphatic rings. The zero-order valence-corrected chi connectivity index (χ0v) is 59.2. The SMILES string of the molecule is C#CC#CC#CC#Cc1c(C#CC#CC#CC)c(C#CC#CC#C)c(C#CC#CC)c2c1c(-c1c3c(C)c(C)c(C)c(C)c3c(C)c3c(-c4c(C)c5c(C)c(C)c(C)c(C)c5c5c(C)c(C)c(C)c(C)c45)c(C)c(C)c(C)c13)c(C)c1c(C)c(C)c(C#CC)c(C#CC#C)c12. The predicted octanol–water partition coefficient (Wildman–Crippen LogP) is 19.2. The molecule has 0 nitrogen and oxygen atoms in total. The maximum Gasteiger partial charge on any atom is 0.0588 e. The van der Waals surface area contributed by atoms with E-state index in [0.29, 0.717) is 33.2 Å². The lowest BCUT2D eigenvalue weighted by Gasteiger charge is -2.31. The first-order valence-corrected chi connectivity index (χ1v) is 31.6. The Morgan fingerprint density at radius 1 is 0.158 bits per heavy atom. The molecule has 0 fully saturated rings. The standard InChI is InChI=1S/C95H72/c1-27-33-38-41-43-47-53-78-75(51-46-42-39-34-28-2)76(50-45-40-35-29-3)79(52-44-36-30-4)94-92-77(49-37-31-5)74(48-32-6)61(14)70(23)82(92)73(26)91(93(78)94)95-84-65(18)57(10)55(8)63(16)81(84)72(25)90-87(68(21)60(13)69(22)88(90)95)89-71(24)80-62(15)54(7)56(9)64(17)83(80)85-66(19)58(11)59(12)67(20)86(85)89/h1,3,5H,2,4,6-26H3. The second kappa shape index (κ2) is 27.0. The van der Waals surface area contributed by atoms with Crippen LogP contribution in [0.5, 0.6) is 0 Å². The lowest BCUT2D eigenvalue weighted by atomic mass is 9.72. The summed E-state index contributed by atoms with van der Waals surface area (Å²) in [6.07, 6.45) is 17.5. The average Bonchev–Trinajstić information content (AvgIpc) is 0.685. The van der Waals surface area contributed by atoms with Gasteiger partial charge in [0.25, 0.3) is 0 Å². The molecule has 95 heavy (non-hydrogen) atoms. The summed E-state index contributed by atoms with van der Waals surface area (Å²) in [5, 5.41) is 13.0. The molecule has 0 N–H and O–H groups in total. The van der Waals surface area contributed by atoms with Crippen LogP contribution in [-0.4, -0.2) is 0 Å². The Morgan fingerprint density at radius 2 is 0.432 bits per heavy atom. The van der Waals surface area contributed by atoms with E-state index in [1.165, 1.54) is 127 Å². The number of rotatable bonds is 2. The van der Waals surface area contributed by atoms with Crippen molar-refractivity contribution in [2.24, 2.45) is 0 Å². The summed E-state index contributed by atoms with van der Waals surface area (Å²) in [7, 11) is 0. The first-order valence-electron chi connectivity index (χ1n) is 31.6. The van der Waals surface area contributed by atoms with Gasteiger partial charge in [0.2, 0.25) is 0 Å². The van der Waals surface area contributed by atoms with Gasteiger partial charge < -0.3 is 0 Å². The van der Waals surface area contributed by atoms with Crippen molar-refractivity contribution in [2.75, 3.05) is 0 Å². The van der Waals surface area contributed by atoms with E-state index in [1.807, 2.05) is 6.92 Å². The summed E-state index contributed by atoms with van der Waals surface area (Å²) in [5.41, 5.74) is 31.8. The summed E-state index contributed by atoms with van der Waals surface area (Å²) in [6.45, 7) is 51.2. The molecule has 0 unspecified atom stereocenters. The van der Waals surface area contributed by atoms with Gasteiger partial charge in [-0.25, -0.2) is 0 Å². The Bertz CT molecular complexity index is 6160. The minimum atomic E-state index is 0.413. The van der Waals surface area contributed by atoms with E-state index in [2.05, 4.69) is 298 Å². The van der Waals surface area contributed by atoms with Crippen LogP contribution in [0.25, 0.3) is 86.9 Å². The zero-order valence-electron chi connectivity index (χ0n) is 59.2. The molecule has 9 aromatic rings. The molecule has 0 heteroatoms. The third-order valence-electron chi connectivity index (χ3n) is 20.5. The average molecular weight is 1210 g/mol. The predicted molar refractivity (Wildman–Crippen MR) is 409 cm³/mol. The molecule has 0 saturated heterocycles. The Balaban J connectivity index is 1.86. The third kappa shape index (κ3) is 10.7. The molecule has 0 radical (unpaired) electrons. The van der Waals surface area contributed by atoms with Gasteiger partial charge in [0.15, 0.2) is 0 Å². The smallest absolute Gasteiger partial charge is 0.0588 e. The zero-order chi connectivity index (χ0) is 69.3. The van der Waals surface area contributed by atoms with Crippen molar-refractivity contribution >= 4 is 64.6 Å². The third-order valence-corrected chi connectivity index (χ3v) is 20.5. The number of hydrogen-bond donors (Lipinski definition) is 0. The minimum Gasteiger partial charge on any atom is -0.106 e. The molecule has 0 aromatic heterocycles. The normalized spacial score (nSPS) is 9.85. The number of hydrogen-bond acceptors (Lipinski definition) is 0. The highest BCUT2D eigenvalue weighted by molar-refractivity contribution is 6.32. The Kier molecular flexibility index (Phi) is 19.2. The minimum absolute atomic E-state index is 0.413. The maximum absolute atomic E-state index is 6.14. The van der Waals surface area contributed by atoms with Crippen LogP contribution in [0.4, 0.5) is 0 Å². The lowest BCUT2D eigenvalue weighted by Crippen LogP contribution is -2.09. The van der Waals surface area contributed by atoms with Crippen molar-refractivity contribution in [3.63, 3.8) is 0 Å². The van der Waals surface area contributed by atoms with Gasteiger partial charge in [0.1, 0.15) is 0 Å². The lowest BCUT2D eigenvalue weighted by molar-refractivity contribution is 1.23. The van der Waals surface area contributed by atoms with E-state index in [0.717, 1.165) is 71.4 Å². The van der Waals surface area contributed by atoms with Crippen LogP contribution in [0, 0.1) is 318 Å². The van der Waals surface area contributed by atoms with E-state index >= 15 is 0 Å². The molecule has 452 valence electrons. The van der Waals surface area contributed by atoms with Crippen LogP contribution in [0.1, 0.15) is 165 Å². The van der Waals surface area contributed by atoms with Crippen LogP contribution in [0.15, 0.2) is 0 Å². The molecule has 0 atom stereocenters. The van der Waals surface area contributed by atoms with Gasteiger partial charge in [-0.3, -0.25) is 0 Å². The quantitative estimate of drug-likeness (QED) is 0.0919. The summed E-state index contributed by atoms with van der Waals surface area (Å²) < 4.78 is 0.